The number of aliphatic hydroxyl groups excluding tert-OH is 4. The minimum absolute atomic E-state index is 0.0427. The van der Waals surface area contributed by atoms with Crippen molar-refractivity contribution in [3.05, 3.63) is 24.3 Å². The highest BCUT2D eigenvalue weighted by atomic mass is 31.2. The van der Waals surface area contributed by atoms with E-state index in [1.165, 1.54) is 103 Å². The fourth-order valence-electron chi connectivity index (χ4n) is 8.44. The third kappa shape index (κ3) is 37.8. The number of phosphoric ester groups is 2. The van der Waals surface area contributed by atoms with Gasteiger partial charge in [-0.3, -0.25) is 23.2 Å². The number of allylic oxidation sites excluding steroid dienone is 2. The van der Waals surface area contributed by atoms with Crippen molar-refractivity contribution in [2.45, 2.75) is 244 Å². The van der Waals surface area contributed by atoms with Crippen molar-refractivity contribution in [3.63, 3.8) is 0 Å². The molecule has 406 valence electrons. The molecule has 9 atom stereocenters. The lowest BCUT2D eigenvalue weighted by atomic mass is 9.89. The van der Waals surface area contributed by atoms with Crippen LogP contribution in [-0.2, 0) is 41.8 Å². The molecular formula is C51H96O16P2. The van der Waals surface area contributed by atoms with Crippen LogP contribution in [0.1, 0.15) is 213 Å². The van der Waals surface area contributed by atoms with E-state index < -0.39 is 84.5 Å². The molecule has 1 rings (SSSR count). The van der Waals surface area contributed by atoms with Crippen LogP contribution in [0.5, 0.6) is 0 Å². The Morgan fingerprint density at radius 2 is 1.14 bits per heavy atom. The van der Waals surface area contributed by atoms with E-state index in [1.807, 2.05) is 18.2 Å². The first-order chi connectivity index (χ1) is 33.0. The Labute approximate surface area is 415 Å². The summed E-state index contributed by atoms with van der Waals surface area (Å²) in [4.78, 5) is 53.2. The van der Waals surface area contributed by atoms with Gasteiger partial charge in [-0.15, -0.1) is 0 Å². The molecule has 1 aliphatic rings. The summed E-state index contributed by atoms with van der Waals surface area (Å²) in [5.74, 6) is -0.851. The van der Waals surface area contributed by atoms with E-state index >= 15 is 0 Å². The lowest BCUT2D eigenvalue weighted by Gasteiger charge is -2.20. The number of esters is 2. The van der Waals surface area contributed by atoms with Crippen LogP contribution in [0, 0.1) is 17.8 Å². The summed E-state index contributed by atoms with van der Waals surface area (Å²) < 4.78 is 48.0. The second kappa shape index (κ2) is 40.9. The minimum atomic E-state index is -4.90. The van der Waals surface area contributed by atoms with E-state index in [2.05, 4.69) is 25.3 Å². The summed E-state index contributed by atoms with van der Waals surface area (Å²) in [6, 6.07) is 0. The summed E-state index contributed by atoms with van der Waals surface area (Å²) in [5.41, 5.74) is 0. The zero-order valence-corrected chi connectivity index (χ0v) is 44.5. The monoisotopic (exact) mass is 1030 g/mol. The van der Waals surface area contributed by atoms with Gasteiger partial charge in [-0.2, -0.15) is 0 Å². The topological polar surface area (TPSA) is 256 Å². The predicted octanol–water partition coefficient (Wildman–Crippen LogP) is 10.9. The van der Waals surface area contributed by atoms with Gasteiger partial charge in [0, 0.05) is 25.2 Å². The summed E-state index contributed by atoms with van der Waals surface area (Å²) in [7, 11) is -9.78. The van der Waals surface area contributed by atoms with Crippen molar-refractivity contribution in [2.75, 3.05) is 26.4 Å². The Morgan fingerprint density at radius 3 is 1.71 bits per heavy atom. The summed E-state index contributed by atoms with van der Waals surface area (Å²) in [6.07, 6.45) is 32.5. The van der Waals surface area contributed by atoms with Crippen LogP contribution < -0.4 is 0 Å². The maximum Gasteiger partial charge on any atom is 0.472 e. The molecule has 1 aliphatic carbocycles. The molecule has 0 aliphatic heterocycles. The average molecular weight is 1030 g/mol. The molecule has 0 amide bonds. The van der Waals surface area contributed by atoms with Gasteiger partial charge < -0.3 is 44.6 Å². The summed E-state index contributed by atoms with van der Waals surface area (Å²) >= 11 is 0. The Balaban J connectivity index is 2.44. The normalized spacial score (nSPS) is 20.3. The number of rotatable bonds is 46. The zero-order chi connectivity index (χ0) is 51.2. The van der Waals surface area contributed by atoms with Gasteiger partial charge in [0.05, 0.1) is 38.1 Å². The molecule has 7 N–H and O–H groups in total. The van der Waals surface area contributed by atoms with Gasteiger partial charge in [0.25, 0.3) is 0 Å². The Morgan fingerprint density at radius 1 is 0.623 bits per heavy atom. The number of carbonyl (C=O) groups excluding carboxylic acids is 2. The van der Waals surface area contributed by atoms with E-state index in [0.29, 0.717) is 32.1 Å². The predicted molar refractivity (Wildman–Crippen MR) is 269 cm³/mol. The number of hydrogen-bond acceptors (Lipinski definition) is 13. The fraction of sp³-hybridized carbons (Fsp3) is 0.882. The van der Waals surface area contributed by atoms with E-state index in [0.717, 1.165) is 44.4 Å². The average Bonchev–Trinajstić information content (AvgIpc) is 3.57. The largest absolute Gasteiger partial charge is 0.472 e. The highest BCUT2D eigenvalue weighted by molar-refractivity contribution is 7.47. The van der Waals surface area contributed by atoms with E-state index in [9.17, 15) is 44.0 Å². The maximum absolute atomic E-state index is 12.8. The SMILES string of the molecule is CCCCC[C@H](O)/C=C/[C@@H]1[C@@H](C/C=C/CCCC(=O)O[C@H](COC(=O)CCCCCCCCCCCCCCCCCCCCC(C)CC)COP(=O)(O)OC[C@@H](O)COP(=O)(O)O)[C@@H](O)C[C@H]1O. The van der Waals surface area contributed by atoms with Crippen molar-refractivity contribution >= 4 is 27.6 Å². The Bertz CT molecular complexity index is 1440. The first-order valence-electron chi connectivity index (χ1n) is 26.7. The van der Waals surface area contributed by atoms with Gasteiger partial charge in [0.15, 0.2) is 6.10 Å². The van der Waals surface area contributed by atoms with Gasteiger partial charge in [-0.25, -0.2) is 9.13 Å². The molecule has 1 saturated carbocycles. The van der Waals surface area contributed by atoms with Crippen LogP contribution in [0.15, 0.2) is 24.3 Å². The minimum Gasteiger partial charge on any atom is -0.462 e. The summed E-state index contributed by atoms with van der Waals surface area (Å²) in [6.45, 7) is 3.81. The highest BCUT2D eigenvalue weighted by Gasteiger charge is 2.39. The lowest BCUT2D eigenvalue weighted by Crippen LogP contribution is -2.29. The van der Waals surface area contributed by atoms with Gasteiger partial charge in [0.2, 0.25) is 0 Å². The van der Waals surface area contributed by atoms with Crippen LogP contribution in [0.2, 0.25) is 0 Å². The molecule has 0 aromatic heterocycles. The lowest BCUT2D eigenvalue weighted by molar-refractivity contribution is -0.161. The summed E-state index contributed by atoms with van der Waals surface area (Å²) in [5, 5.41) is 41.2. The van der Waals surface area contributed by atoms with E-state index in [-0.39, 0.29) is 31.1 Å². The quantitative estimate of drug-likeness (QED) is 0.0129. The number of carbonyl (C=O) groups is 2. The second-order valence-corrected chi connectivity index (χ2v) is 22.1. The molecule has 0 spiro atoms. The molecule has 0 bridgehead atoms. The van der Waals surface area contributed by atoms with Crippen LogP contribution in [0.25, 0.3) is 0 Å². The van der Waals surface area contributed by atoms with Crippen LogP contribution in [0.3, 0.4) is 0 Å². The number of unbranched alkanes of at least 4 members (excludes halogenated alkanes) is 20. The molecule has 69 heavy (non-hydrogen) atoms. The zero-order valence-electron chi connectivity index (χ0n) is 42.7. The molecule has 2 unspecified atom stereocenters. The number of ether oxygens (including phenoxy) is 2. The van der Waals surface area contributed by atoms with Crippen molar-refractivity contribution < 1.29 is 76.9 Å². The third-order valence-corrected chi connectivity index (χ3v) is 14.4. The molecule has 0 aromatic carbocycles. The van der Waals surface area contributed by atoms with Gasteiger partial charge in [-0.1, -0.05) is 186 Å². The third-order valence-electron chi connectivity index (χ3n) is 12.9. The second-order valence-electron chi connectivity index (χ2n) is 19.4. The molecule has 0 radical (unpaired) electrons. The van der Waals surface area contributed by atoms with Crippen LogP contribution in [-0.4, -0.2) is 104 Å². The fourth-order valence-corrected chi connectivity index (χ4v) is 9.59. The van der Waals surface area contributed by atoms with E-state index in [4.69, 9.17) is 28.3 Å². The Kier molecular flexibility index (Phi) is 38.8. The van der Waals surface area contributed by atoms with Crippen molar-refractivity contribution in [2.24, 2.45) is 17.8 Å². The standard InChI is InChI=1S/C51H96O16P2/c1-4-6-25-31-43(52)35-36-47-46(48(54)37-49(47)55)32-27-23-24-29-34-51(57)67-45(41-66-69(61,62)65-39-44(53)38-64-68(58,59)60)40-63-50(56)33-28-22-20-18-16-14-12-10-8-7-9-11-13-15-17-19-21-26-30-42(3)5-2/h23,27,35-36,42-49,52-55H,4-22,24-26,28-34,37-41H2,1-3H3,(H,61,62)(H2,58,59,60)/b27-23+,36-35+/t42?,43-,44-,45+,46+,47+,48-,49+/m0/s1. The molecule has 0 saturated heterocycles. The van der Waals surface area contributed by atoms with Gasteiger partial charge in [0.1, 0.15) is 12.7 Å². The van der Waals surface area contributed by atoms with Crippen molar-refractivity contribution in [1.29, 1.82) is 0 Å². The van der Waals surface area contributed by atoms with Crippen molar-refractivity contribution in [1.82, 2.24) is 0 Å². The number of phosphoric acid groups is 2. The highest BCUT2D eigenvalue weighted by Crippen LogP contribution is 2.44. The molecule has 16 nitrogen and oxygen atoms in total. The molecule has 1 fully saturated rings. The van der Waals surface area contributed by atoms with Crippen LogP contribution >= 0.6 is 15.6 Å². The Hall–Kier alpha value is -1.52. The van der Waals surface area contributed by atoms with Crippen molar-refractivity contribution in [3.8, 4) is 0 Å². The molecular weight excluding hydrogens is 930 g/mol. The smallest absolute Gasteiger partial charge is 0.462 e. The molecule has 0 heterocycles. The maximum atomic E-state index is 12.8. The van der Waals surface area contributed by atoms with Crippen LogP contribution in [0.4, 0.5) is 0 Å². The number of hydrogen-bond donors (Lipinski definition) is 7. The first kappa shape index (κ1) is 65.5. The molecule has 18 heteroatoms. The van der Waals surface area contributed by atoms with E-state index in [1.54, 1.807) is 6.08 Å². The van der Waals surface area contributed by atoms with Gasteiger partial charge >= 0.3 is 27.6 Å². The first-order valence-corrected chi connectivity index (χ1v) is 29.7. The number of aliphatic hydroxyl groups is 4. The van der Waals surface area contributed by atoms with Gasteiger partial charge in [-0.05, 0) is 43.9 Å². The molecule has 0 aromatic rings.